The second-order valence-corrected chi connectivity index (χ2v) is 7.20. The minimum Gasteiger partial charge on any atom is -0.425 e. The van der Waals surface area contributed by atoms with Crippen molar-refractivity contribution in [2.45, 2.75) is 13.0 Å². The van der Waals surface area contributed by atoms with Gasteiger partial charge >= 0.3 is 5.97 Å². The monoisotopic (exact) mass is 380 g/mol. The largest absolute Gasteiger partial charge is 0.425 e. The van der Waals surface area contributed by atoms with Crippen molar-refractivity contribution in [1.29, 1.82) is 0 Å². The van der Waals surface area contributed by atoms with Gasteiger partial charge in [-0.3, -0.25) is 0 Å². The van der Waals surface area contributed by atoms with Crippen LogP contribution in [0.3, 0.4) is 0 Å². The molecule has 0 fully saturated rings. The Labute approximate surface area is 169 Å². The second-order valence-electron chi connectivity index (χ2n) is 7.20. The van der Waals surface area contributed by atoms with Crippen LogP contribution in [0.15, 0.2) is 84.9 Å². The molecular weight excluding hydrogens is 360 g/mol. The zero-order valence-electron chi connectivity index (χ0n) is 15.9. The molecule has 0 unspecified atom stereocenters. The molecule has 0 spiro atoms. The maximum Gasteiger partial charge on any atom is 0.337 e. The summed E-state index contributed by atoms with van der Waals surface area (Å²) in [5.74, 6) is 0.252. The smallest absolute Gasteiger partial charge is 0.337 e. The molecule has 0 aliphatic heterocycles. The zero-order valence-corrected chi connectivity index (χ0v) is 15.9. The molecule has 1 aliphatic rings. The van der Waals surface area contributed by atoms with Gasteiger partial charge in [-0.15, -0.1) is 0 Å². The first-order valence-corrected chi connectivity index (χ1v) is 9.76. The number of hydrogen-bond donors (Lipinski definition) is 0. The van der Waals surface area contributed by atoms with Crippen LogP contribution in [0.2, 0.25) is 0 Å². The highest BCUT2D eigenvalue weighted by Crippen LogP contribution is 2.36. The quantitative estimate of drug-likeness (QED) is 0.331. The normalized spacial score (nSPS) is 12.8. The fourth-order valence-electron chi connectivity index (χ4n) is 3.98. The number of rotatable bonds is 5. The molecule has 1 aliphatic carbocycles. The minimum absolute atomic E-state index is 0.0697. The third kappa shape index (κ3) is 3.41. The zero-order chi connectivity index (χ0) is 19.6. The molecule has 0 radical (unpaired) electrons. The number of esters is 1. The lowest BCUT2D eigenvalue weighted by Crippen LogP contribution is -2.11. The number of carbonyl (C=O) groups excluding carboxylic acids is 1. The van der Waals surface area contributed by atoms with Gasteiger partial charge in [-0.25, -0.2) is 4.79 Å². The fraction of sp³-hybridized carbons (Fsp3) is 0.115. The molecule has 29 heavy (non-hydrogen) atoms. The summed E-state index contributed by atoms with van der Waals surface area (Å²) in [6.45, 7) is 0.322. The van der Waals surface area contributed by atoms with Crippen molar-refractivity contribution in [3.05, 3.63) is 102 Å². The van der Waals surface area contributed by atoms with Gasteiger partial charge in [-0.1, -0.05) is 78.9 Å². The Morgan fingerprint density at radius 2 is 1.59 bits per heavy atom. The number of fused-ring (bicyclic) bond motifs is 5. The van der Waals surface area contributed by atoms with Crippen molar-refractivity contribution in [2.24, 2.45) is 0 Å². The average molecular weight is 380 g/mol. The van der Waals surface area contributed by atoms with E-state index < -0.39 is 0 Å². The van der Waals surface area contributed by atoms with Crippen molar-refractivity contribution in [3.63, 3.8) is 0 Å². The van der Waals surface area contributed by atoms with Gasteiger partial charge in [0.1, 0.15) is 12.4 Å². The molecule has 0 atom stereocenters. The summed E-state index contributed by atoms with van der Waals surface area (Å²) in [6, 6.07) is 26.7. The molecule has 5 rings (SSSR count). The van der Waals surface area contributed by atoms with Crippen LogP contribution in [0.4, 0.5) is 0 Å². The molecule has 0 saturated carbocycles. The van der Waals surface area contributed by atoms with Crippen molar-refractivity contribution < 1.29 is 14.3 Å². The van der Waals surface area contributed by atoms with Gasteiger partial charge in [0.05, 0.1) is 6.61 Å². The molecule has 0 heterocycles. The molecule has 0 aromatic heterocycles. The van der Waals surface area contributed by atoms with Crippen LogP contribution >= 0.6 is 0 Å². The number of ether oxygens (including phenoxy) is 2. The maximum absolute atomic E-state index is 12.2. The van der Waals surface area contributed by atoms with Crippen LogP contribution in [-0.2, 0) is 27.3 Å². The first-order valence-electron chi connectivity index (χ1n) is 9.76. The Morgan fingerprint density at radius 3 is 2.48 bits per heavy atom. The number of benzene rings is 4. The van der Waals surface area contributed by atoms with Crippen LogP contribution in [0.25, 0.3) is 27.3 Å². The summed E-state index contributed by atoms with van der Waals surface area (Å²) in [4.78, 5) is 12.2. The van der Waals surface area contributed by atoms with Gasteiger partial charge in [-0.2, -0.15) is 0 Å². The summed E-state index contributed by atoms with van der Waals surface area (Å²) < 4.78 is 11.1. The second kappa shape index (κ2) is 7.53. The highest BCUT2D eigenvalue weighted by Gasteiger charge is 2.21. The molecule has 4 aromatic rings. The molecular formula is C26H20O3. The van der Waals surface area contributed by atoms with E-state index in [9.17, 15) is 4.79 Å². The Hall–Kier alpha value is -3.43. The molecule has 3 heteroatoms. The summed E-state index contributed by atoms with van der Waals surface area (Å²) >= 11 is 0. The molecule has 0 amide bonds. The number of hydrogen-bond acceptors (Lipinski definition) is 3. The summed E-state index contributed by atoms with van der Waals surface area (Å²) in [5.41, 5.74) is 3.23. The number of carbonyl (C=O) groups is 1. The van der Waals surface area contributed by atoms with Crippen LogP contribution in [-0.4, -0.2) is 12.6 Å². The van der Waals surface area contributed by atoms with Crippen molar-refractivity contribution in [1.82, 2.24) is 0 Å². The van der Waals surface area contributed by atoms with Gasteiger partial charge in [0.15, 0.2) is 0 Å². The molecule has 142 valence electrons. The lowest BCUT2D eigenvalue weighted by atomic mass is 9.96. The van der Waals surface area contributed by atoms with E-state index in [0.717, 1.165) is 17.5 Å². The molecule has 0 N–H and O–H groups in total. The van der Waals surface area contributed by atoms with Crippen LogP contribution in [0.5, 0.6) is 0 Å². The maximum atomic E-state index is 12.2. The molecule has 0 saturated heterocycles. The van der Waals surface area contributed by atoms with E-state index >= 15 is 0 Å². The van der Waals surface area contributed by atoms with Gasteiger partial charge < -0.3 is 9.47 Å². The highest BCUT2D eigenvalue weighted by molar-refractivity contribution is 6.09. The SMILES string of the molecule is O=C(COCc1ccccc1)OC1=CCc2c1ccc1c2ccc2ccccc21. The Balaban J connectivity index is 1.32. The van der Waals surface area contributed by atoms with E-state index in [4.69, 9.17) is 9.47 Å². The lowest BCUT2D eigenvalue weighted by Gasteiger charge is -2.11. The van der Waals surface area contributed by atoms with E-state index in [2.05, 4.69) is 48.5 Å². The van der Waals surface area contributed by atoms with Crippen LogP contribution in [0.1, 0.15) is 16.7 Å². The third-order valence-electron chi connectivity index (χ3n) is 5.35. The summed E-state index contributed by atoms with van der Waals surface area (Å²) in [7, 11) is 0. The summed E-state index contributed by atoms with van der Waals surface area (Å²) in [6.07, 6.45) is 2.74. The van der Waals surface area contributed by atoms with E-state index in [-0.39, 0.29) is 12.6 Å². The Bertz CT molecular complexity index is 1240. The van der Waals surface area contributed by atoms with Crippen LogP contribution in [0, 0.1) is 0 Å². The van der Waals surface area contributed by atoms with Gasteiger partial charge in [0.25, 0.3) is 0 Å². The standard InChI is InChI=1S/C26H20O3/c27-26(17-28-16-18-6-2-1-3-7-18)29-25-15-14-23-22-11-10-19-8-4-5-9-20(19)21(22)12-13-24(23)25/h1-13,15H,14,16-17H2. The molecule has 0 bridgehead atoms. The van der Waals surface area contributed by atoms with E-state index in [1.165, 1.54) is 27.1 Å². The highest BCUT2D eigenvalue weighted by atomic mass is 16.6. The van der Waals surface area contributed by atoms with E-state index in [0.29, 0.717) is 12.4 Å². The van der Waals surface area contributed by atoms with Crippen LogP contribution < -0.4 is 0 Å². The van der Waals surface area contributed by atoms with Crippen molar-refractivity contribution in [2.75, 3.05) is 6.61 Å². The lowest BCUT2D eigenvalue weighted by molar-refractivity contribution is -0.142. The molecule has 4 aromatic carbocycles. The topological polar surface area (TPSA) is 35.5 Å². The first-order chi connectivity index (χ1) is 14.3. The first kappa shape index (κ1) is 17.7. The fourth-order valence-corrected chi connectivity index (χ4v) is 3.98. The number of allylic oxidation sites excluding steroid dienone is 1. The van der Waals surface area contributed by atoms with Crippen molar-refractivity contribution in [3.8, 4) is 0 Å². The van der Waals surface area contributed by atoms with E-state index in [1.54, 1.807) is 0 Å². The third-order valence-corrected chi connectivity index (χ3v) is 5.35. The van der Waals surface area contributed by atoms with Gasteiger partial charge in [0, 0.05) is 5.56 Å². The van der Waals surface area contributed by atoms with E-state index in [1.807, 2.05) is 36.4 Å². The predicted octanol–water partition coefficient (Wildman–Crippen LogP) is 5.65. The van der Waals surface area contributed by atoms with Gasteiger partial charge in [-0.05, 0) is 45.2 Å². The average Bonchev–Trinajstić information content (AvgIpc) is 3.17. The van der Waals surface area contributed by atoms with Crippen molar-refractivity contribution >= 4 is 33.3 Å². The van der Waals surface area contributed by atoms with Gasteiger partial charge in [0.2, 0.25) is 0 Å². The Kier molecular flexibility index (Phi) is 4.59. The Morgan fingerprint density at radius 1 is 0.793 bits per heavy atom. The minimum atomic E-state index is -0.376. The predicted molar refractivity (Wildman–Crippen MR) is 115 cm³/mol. The molecule has 3 nitrogen and oxygen atoms in total. The summed E-state index contributed by atoms with van der Waals surface area (Å²) in [5, 5.41) is 4.92.